The van der Waals surface area contributed by atoms with Gasteiger partial charge in [-0.15, -0.1) is 0 Å². The van der Waals surface area contributed by atoms with Gasteiger partial charge in [-0.1, -0.05) is 12.1 Å². The van der Waals surface area contributed by atoms with Gasteiger partial charge in [0.15, 0.2) is 0 Å². The van der Waals surface area contributed by atoms with E-state index in [-0.39, 0.29) is 0 Å². The summed E-state index contributed by atoms with van der Waals surface area (Å²) in [5.74, 6) is 0. The molecule has 0 atom stereocenters. The van der Waals surface area contributed by atoms with Crippen LogP contribution in [0.25, 0.3) is 10.9 Å². The van der Waals surface area contributed by atoms with E-state index in [0.717, 1.165) is 35.9 Å². The molecule has 0 spiro atoms. The summed E-state index contributed by atoms with van der Waals surface area (Å²) in [6, 6.07) is 10.2. The van der Waals surface area contributed by atoms with Crippen molar-refractivity contribution in [1.82, 2.24) is 9.71 Å². The van der Waals surface area contributed by atoms with E-state index in [1.54, 1.807) is 0 Å². The number of hydrogen-bond donors (Lipinski definition) is 2. The summed E-state index contributed by atoms with van der Waals surface area (Å²) in [4.78, 5) is 3.59. The Morgan fingerprint density at radius 1 is 1.04 bits per heavy atom. The molecule has 0 saturated carbocycles. The molecular weight excluding hydrogens is 424 g/mol. The molecule has 0 aliphatic carbocycles. The maximum Gasteiger partial charge on any atom is 0.241 e. The van der Waals surface area contributed by atoms with Crippen molar-refractivity contribution in [3.8, 4) is 0 Å². The van der Waals surface area contributed by atoms with E-state index in [0.29, 0.717) is 15.9 Å². The van der Waals surface area contributed by atoms with E-state index in [2.05, 4.69) is 50.8 Å². The Labute approximate surface area is 169 Å². The minimum absolute atomic E-state index is 0.335. The lowest BCUT2D eigenvalue weighted by atomic mass is 10.0. The highest BCUT2D eigenvalue weighted by Gasteiger charge is 2.20. The number of nitrogens with one attached hydrogen (secondary N) is 2. The first-order chi connectivity index (χ1) is 12.8. The molecule has 0 saturated heterocycles. The zero-order valence-corrected chi connectivity index (χ0v) is 18.3. The van der Waals surface area contributed by atoms with Gasteiger partial charge in [-0.25, -0.2) is 13.1 Å². The Balaban J connectivity index is 1.55. The summed E-state index contributed by atoms with van der Waals surface area (Å²) in [5, 5.41) is 1.26. The van der Waals surface area contributed by atoms with E-state index < -0.39 is 10.0 Å². The number of fused-ring (bicyclic) bond motifs is 1. The fraction of sp³-hybridized carbons (Fsp3) is 0.333. The van der Waals surface area contributed by atoms with Gasteiger partial charge in [-0.2, -0.15) is 0 Å². The van der Waals surface area contributed by atoms with Gasteiger partial charge in [-0.3, -0.25) is 0 Å². The van der Waals surface area contributed by atoms with Crippen LogP contribution in [0.1, 0.15) is 35.1 Å². The predicted octanol–water partition coefficient (Wildman–Crippen LogP) is 5.16. The number of unbranched alkanes of at least 4 members (excludes halogenated alkanes) is 1. The largest absolute Gasteiger partial charge is 0.361 e. The van der Waals surface area contributed by atoms with Gasteiger partial charge in [0.25, 0.3) is 0 Å². The summed E-state index contributed by atoms with van der Waals surface area (Å²) in [6.45, 7) is 6.31. The van der Waals surface area contributed by atoms with E-state index in [1.165, 1.54) is 16.5 Å². The van der Waals surface area contributed by atoms with E-state index in [1.807, 2.05) is 32.2 Å². The van der Waals surface area contributed by atoms with Gasteiger partial charge in [0.1, 0.15) is 0 Å². The number of halogens is 1. The van der Waals surface area contributed by atoms with Crippen molar-refractivity contribution in [2.45, 2.75) is 44.9 Å². The van der Waals surface area contributed by atoms with Crippen LogP contribution in [0.3, 0.4) is 0 Å². The number of rotatable bonds is 7. The number of hydrogen-bond acceptors (Lipinski definition) is 2. The molecule has 3 rings (SSSR count). The zero-order valence-electron chi connectivity index (χ0n) is 15.9. The molecule has 144 valence electrons. The van der Waals surface area contributed by atoms with Crippen LogP contribution in [-0.2, 0) is 16.4 Å². The second-order valence-electron chi connectivity index (χ2n) is 7.10. The Kier molecular flexibility index (Phi) is 6.08. The van der Waals surface area contributed by atoms with Crippen molar-refractivity contribution in [3.05, 3.63) is 63.3 Å². The van der Waals surface area contributed by atoms with Crippen LogP contribution >= 0.6 is 15.9 Å². The van der Waals surface area contributed by atoms with Gasteiger partial charge in [0.2, 0.25) is 10.0 Å². The summed E-state index contributed by atoms with van der Waals surface area (Å²) < 4.78 is 28.6. The maximum absolute atomic E-state index is 12.6. The highest BCUT2D eigenvalue weighted by molar-refractivity contribution is 9.10. The molecule has 0 bridgehead atoms. The Morgan fingerprint density at radius 2 is 1.81 bits per heavy atom. The average molecular weight is 449 g/mol. The minimum atomic E-state index is -3.51. The summed E-state index contributed by atoms with van der Waals surface area (Å²) >= 11 is 3.39. The molecule has 1 heterocycles. The fourth-order valence-electron chi connectivity index (χ4n) is 3.44. The monoisotopic (exact) mass is 448 g/mol. The number of aromatic nitrogens is 1. The van der Waals surface area contributed by atoms with E-state index in [4.69, 9.17) is 0 Å². The second kappa shape index (κ2) is 8.17. The van der Waals surface area contributed by atoms with Crippen LogP contribution in [0, 0.1) is 20.8 Å². The molecule has 4 nitrogen and oxygen atoms in total. The van der Waals surface area contributed by atoms with Gasteiger partial charge >= 0.3 is 0 Å². The third-order valence-corrected chi connectivity index (χ3v) is 7.33. The van der Waals surface area contributed by atoms with E-state index >= 15 is 0 Å². The van der Waals surface area contributed by atoms with Gasteiger partial charge in [-0.05, 0) is 96.4 Å². The number of aryl methyl sites for hydroxylation is 4. The molecule has 0 radical (unpaired) electrons. The van der Waals surface area contributed by atoms with E-state index in [9.17, 15) is 8.42 Å². The lowest BCUT2D eigenvalue weighted by Gasteiger charge is -2.12. The van der Waals surface area contributed by atoms with Crippen LogP contribution < -0.4 is 4.72 Å². The molecule has 0 aliphatic heterocycles. The summed E-state index contributed by atoms with van der Waals surface area (Å²) in [7, 11) is -3.51. The van der Waals surface area contributed by atoms with Crippen LogP contribution in [0.4, 0.5) is 0 Å². The molecule has 1 aromatic heterocycles. The SMILES string of the molecule is Cc1cc(C)c(S(=O)(=O)NCCCCc2ccc3[nH]cc(C)c3c2)c(Br)c1. The molecule has 0 aliphatic rings. The molecule has 0 unspecified atom stereocenters. The van der Waals surface area contributed by atoms with Crippen LogP contribution in [-0.4, -0.2) is 19.9 Å². The van der Waals surface area contributed by atoms with Crippen LogP contribution in [0.2, 0.25) is 0 Å². The van der Waals surface area contributed by atoms with Crippen molar-refractivity contribution in [2.24, 2.45) is 0 Å². The topological polar surface area (TPSA) is 62.0 Å². The van der Waals surface area contributed by atoms with Crippen molar-refractivity contribution in [3.63, 3.8) is 0 Å². The first kappa shape index (κ1) is 20.1. The summed E-state index contributed by atoms with van der Waals surface area (Å²) in [6.07, 6.45) is 4.70. The molecule has 6 heteroatoms. The van der Waals surface area contributed by atoms with Crippen molar-refractivity contribution < 1.29 is 8.42 Å². The fourth-order valence-corrected chi connectivity index (χ4v) is 6.11. The standard InChI is InChI=1S/C21H25BrN2O2S/c1-14-10-15(2)21(19(22)11-14)27(25,26)24-9-5-4-6-17-7-8-20-18(12-17)16(3)13-23-20/h7-8,10-13,23-24H,4-6,9H2,1-3H3. The molecule has 2 N–H and O–H groups in total. The first-order valence-corrected chi connectivity index (χ1v) is 11.4. The zero-order chi connectivity index (χ0) is 19.6. The molecule has 3 aromatic rings. The Hall–Kier alpha value is -1.63. The number of benzene rings is 2. The normalized spacial score (nSPS) is 12.0. The van der Waals surface area contributed by atoms with Crippen molar-refractivity contribution >= 4 is 36.9 Å². The van der Waals surface area contributed by atoms with Gasteiger partial charge in [0.05, 0.1) is 4.90 Å². The number of H-pyrrole nitrogens is 1. The highest BCUT2D eigenvalue weighted by Crippen LogP contribution is 2.27. The highest BCUT2D eigenvalue weighted by atomic mass is 79.9. The molecule has 2 aromatic carbocycles. The Morgan fingerprint density at radius 3 is 2.56 bits per heavy atom. The summed E-state index contributed by atoms with van der Waals surface area (Å²) in [5.41, 5.74) is 5.48. The molecule has 27 heavy (non-hydrogen) atoms. The maximum atomic E-state index is 12.6. The molecule has 0 amide bonds. The van der Waals surface area contributed by atoms with Gasteiger partial charge < -0.3 is 4.98 Å². The van der Waals surface area contributed by atoms with Crippen LogP contribution in [0.5, 0.6) is 0 Å². The van der Waals surface area contributed by atoms with Crippen molar-refractivity contribution in [2.75, 3.05) is 6.54 Å². The third kappa shape index (κ3) is 4.62. The lowest BCUT2D eigenvalue weighted by Crippen LogP contribution is -2.26. The molecular formula is C21H25BrN2O2S. The quantitative estimate of drug-likeness (QED) is 0.490. The smallest absolute Gasteiger partial charge is 0.241 e. The average Bonchev–Trinajstić information content (AvgIpc) is 2.94. The molecule has 0 fully saturated rings. The van der Waals surface area contributed by atoms with Gasteiger partial charge in [0, 0.05) is 28.1 Å². The van der Waals surface area contributed by atoms with Crippen LogP contribution in [0.15, 0.2) is 45.9 Å². The van der Waals surface area contributed by atoms with Crippen molar-refractivity contribution in [1.29, 1.82) is 0 Å². The first-order valence-electron chi connectivity index (χ1n) is 9.11. The minimum Gasteiger partial charge on any atom is -0.361 e. The number of sulfonamides is 1. The lowest BCUT2D eigenvalue weighted by molar-refractivity contribution is 0.575. The second-order valence-corrected chi connectivity index (χ2v) is 9.66. The third-order valence-electron chi connectivity index (χ3n) is 4.78. The Bertz CT molecular complexity index is 1050. The predicted molar refractivity (Wildman–Crippen MR) is 115 cm³/mol. The number of aromatic amines is 1.